The Hall–Kier alpha value is -1.07. The molecule has 1 saturated heterocycles. The molecule has 0 radical (unpaired) electrons. The van der Waals surface area contributed by atoms with Gasteiger partial charge in [0.25, 0.3) is 0 Å². The Kier molecular flexibility index (Phi) is 5.27. The fourth-order valence-corrected chi connectivity index (χ4v) is 3.42. The summed E-state index contributed by atoms with van der Waals surface area (Å²) in [7, 11) is 0. The lowest BCUT2D eigenvalue weighted by Gasteiger charge is -2.25. The molecule has 1 aliphatic rings. The minimum Gasteiger partial charge on any atom is -0.481 e. The third-order valence-corrected chi connectivity index (χ3v) is 4.49. The van der Waals surface area contributed by atoms with E-state index < -0.39 is 11.9 Å². The maximum atomic E-state index is 14.2. The SMILES string of the molecule is Fc1cc(Cl)cc(Cl)c1O[C@H](c1cncc(Cl)c1)[C@@H]1CCNC1. The summed E-state index contributed by atoms with van der Waals surface area (Å²) in [4.78, 5) is 4.10. The van der Waals surface area contributed by atoms with Crippen LogP contribution >= 0.6 is 34.8 Å². The second kappa shape index (κ2) is 7.22. The van der Waals surface area contributed by atoms with E-state index in [1.165, 1.54) is 12.1 Å². The van der Waals surface area contributed by atoms with Gasteiger partial charge < -0.3 is 10.1 Å². The van der Waals surface area contributed by atoms with Crippen molar-refractivity contribution in [3.8, 4) is 5.75 Å². The lowest BCUT2D eigenvalue weighted by atomic mass is 9.96. The number of aromatic nitrogens is 1. The lowest BCUT2D eigenvalue weighted by Crippen LogP contribution is -2.22. The fraction of sp³-hybridized carbons (Fsp3) is 0.312. The molecule has 122 valence electrons. The Balaban J connectivity index is 1.96. The summed E-state index contributed by atoms with van der Waals surface area (Å²) in [5, 5.41) is 4.15. The minimum absolute atomic E-state index is 0.00654. The topological polar surface area (TPSA) is 34.1 Å². The molecule has 1 aromatic carbocycles. The molecule has 0 aliphatic carbocycles. The maximum Gasteiger partial charge on any atom is 0.174 e. The highest BCUT2D eigenvalue weighted by Gasteiger charge is 2.30. The molecule has 1 fully saturated rings. The van der Waals surface area contributed by atoms with Gasteiger partial charge in [-0.15, -0.1) is 0 Å². The van der Waals surface area contributed by atoms with E-state index >= 15 is 0 Å². The highest BCUT2D eigenvalue weighted by atomic mass is 35.5. The van der Waals surface area contributed by atoms with E-state index in [0.29, 0.717) is 5.02 Å². The largest absolute Gasteiger partial charge is 0.481 e. The Morgan fingerprint density at radius 2 is 2.00 bits per heavy atom. The Labute approximate surface area is 148 Å². The van der Waals surface area contributed by atoms with Crippen LogP contribution in [0.1, 0.15) is 18.1 Å². The van der Waals surface area contributed by atoms with E-state index in [1.807, 2.05) is 0 Å². The van der Waals surface area contributed by atoms with Crippen LogP contribution in [-0.2, 0) is 0 Å². The van der Waals surface area contributed by atoms with E-state index in [9.17, 15) is 4.39 Å². The third-order valence-electron chi connectivity index (χ3n) is 3.79. The quantitative estimate of drug-likeness (QED) is 0.824. The molecule has 0 spiro atoms. The van der Waals surface area contributed by atoms with Crippen molar-refractivity contribution in [2.75, 3.05) is 13.1 Å². The molecule has 3 nitrogen and oxygen atoms in total. The minimum atomic E-state index is -0.589. The van der Waals surface area contributed by atoms with Gasteiger partial charge in [0.2, 0.25) is 0 Å². The summed E-state index contributed by atoms with van der Waals surface area (Å²) in [5.74, 6) is -0.428. The Morgan fingerprint density at radius 1 is 1.17 bits per heavy atom. The van der Waals surface area contributed by atoms with Crippen LogP contribution in [-0.4, -0.2) is 18.1 Å². The zero-order valence-corrected chi connectivity index (χ0v) is 14.3. The number of ether oxygens (including phenoxy) is 1. The van der Waals surface area contributed by atoms with Crippen LogP contribution in [0.5, 0.6) is 5.75 Å². The Bertz CT molecular complexity index is 684. The van der Waals surface area contributed by atoms with Gasteiger partial charge >= 0.3 is 0 Å². The van der Waals surface area contributed by atoms with Gasteiger partial charge in [-0.05, 0) is 31.2 Å². The van der Waals surface area contributed by atoms with Crippen molar-refractivity contribution in [3.05, 3.63) is 57.0 Å². The summed E-state index contributed by atoms with van der Waals surface area (Å²) in [5.41, 5.74) is 0.789. The zero-order chi connectivity index (χ0) is 16.4. The predicted octanol–water partition coefficient (Wildman–Crippen LogP) is 4.91. The monoisotopic (exact) mass is 374 g/mol. The smallest absolute Gasteiger partial charge is 0.174 e. The first-order valence-corrected chi connectivity index (χ1v) is 8.30. The molecule has 2 atom stereocenters. The summed E-state index contributed by atoms with van der Waals surface area (Å²) in [6.07, 6.45) is 3.73. The zero-order valence-electron chi connectivity index (χ0n) is 12.0. The van der Waals surface area contributed by atoms with E-state index in [4.69, 9.17) is 39.5 Å². The molecule has 7 heteroatoms. The standard InChI is InChI=1S/C16H14Cl3FN2O/c17-11-4-13(19)16(14(20)5-11)23-15(9-1-2-21-6-9)10-3-12(18)8-22-7-10/h3-5,7-9,15,21H,1-2,6H2/t9-,15+/m1/s1. The second-order valence-corrected chi connectivity index (χ2v) is 6.71. The third kappa shape index (κ3) is 3.89. The van der Waals surface area contributed by atoms with E-state index in [-0.39, 0.29) is 21.7 Å². The summed E-state index contributed by atoms with van der Waals surface area (Å²) in [6.45, 7) is 1.65. The van der Waals surface area contributed by atoms with Gasteiger partial charge in [-0.25, -0.2) is 4.39 Å². The fourth-order valence-electron chi connectivity index (χ4n) is 2.72. The van der Waals surface area contributed by atoms with Crippen LogP contribution < -0.4 is 10.1 Å². The summed E-state index contributed by atoms with van der Waals surface area (Å²) in [6, 6.07) is 4.42. The van der Waals surface area contributed by atoms with Gasteiger partial charge in [-0.2, -0.15) is 0 Å². The number of benzene rings is 1. The van der Waals surface area contributed by atoms with Crippen LogP contribution in [0, 0.1) is 11.7 Å². The van der Waals surface area contributed by atoms with Crippen molar-refractivity contribution >= 4 is 34.8 Å². The predicted molar refractivity (Wildman–Crippen MR) is 90.0 cm³/mol. The van der Waals surface area contributed by atoms with Gasteiger partial charge in [0.05, 0.1) is 10.0 Å². The second-order valence-electron chi connectivity index (χ2n) is 5.43. The number of rotatable bonds is 4. The highest BCUT2D eigenvalue weighted by molar-refractivity contribution is 6.35. The van der Waals surface area contributed by atoms with Gasteiger partial charge in [-0.3, -0.25) is 4.98 Å². The van der Waals surface area contributed by atoms with Crippen LogP contribution in [0.2, 0.25) is 15.1 Å². The van der Waals surface area contributed by atoms with E-state index in [1.54, 1.807) is 18.5 Å². The molecule has 1 aromatic heterocycles. The van der Waals surface area contributed by atoms with Gasteiger partial charge in [0, 0.05) is 35.4 Å². The van der Waals surface area contributed by atoms with Crippen LogP contribution in [0.3, 0.4) is 0 Å². The summed E-state index contributed by atoms with van der Waals surface area (Å²) < 4.78 is 20.2. The molecule has 0 amide bonds. The molecule has 0 bridgehead atoms. The first-order valence-electron chi connectivity index (χ1n) is 7.17. The van der Waals surface area contributed by atoms with Crippen LogP contribution in [0.15, 0.2) is 30.6 Å². The van der Waals surface area contributed by atoms with Crippen LogP contribution in [0.4, 0.5) is 4.39 Å². The number of nitrogens with one attached hydrogen (secondary N) is 1. The molecule has 1 N–H and O–H groups in total. The van der Waals surface area contributed by atoms with Crippen molar-refractivity contribution in [1.29, 1.82) is 0 Å². The molecular formula is C16H14Cl3FN2O. The van der Waals surface area contributed by atoms with Gasteiger partial charge in [0.15, 0.2) is 11.6 Å². The van der Waals surface area contributed by atoms with Gasteiger partial charge in [-0.1, -0.05) is 34.8 Å². The molecular weight excluding hydrogens is 362 g/mol. The number of pyridine rings is 1. The van der Waals surface area contributed by atoms with E-state index in [2.05, 4.69) is 10.3 Å². The normalized spacial score (nSPS) is 18.9. The highest BCUT2D eigenvalue weighted by Crippen LogP contribution is 2.38. The molecule has 1 aliphatic heterocycles. The van der Waals surface area contributed by atoms with Crippen molar-refractivity contribution in [2.24, 2.45) is 5.92 Å². The number of nitrogens with zero attached hydrogens (tertiary/aromatic N) is 1. The first kappa shape index (κ1) is 16.8. The van der Waals surface area contributed by atoms with Crippen molar-refractivity contribution < 1.29 is 9.13 Å². The molecule has 2 heterocycles. The number of halogens is 4. The molecule has 3 rings (SSSR count). The number of hydrogen-bond donors (Lipinski definition) is 1. The van der Waals surface area contributed by atoms with E-state index in [0.717, 1.165) is 25.1 Å². The van der Waals surface area contributed by atoms with Crippen molar-refractivity contribution in [3.63, 3.8) is 0 Å². The van der Waals surface area contributed by atoms with Gasteiger partial charge in [0.1, 0.15) is 6.10 Å². The first-order chi connectivity index (χ1) is 11.0. The molecule has 23 heavy (non-hydrogen) atoms. The maximum absolute atomic E-state index is 14.2. The molecule has 2 aromatic rings. The summed E-state index contributed by atoms with van der Waals surface area (Å²) >= 11 is 17.9. The molecule has 0 unspecified atom stereocenters. The average Bonchev–Trinajstić information content (AvgIpc) is 3.00. The van der Waals surface area contributed by atoms with Crippen LogP contribution in [0.25, 0.3) is 0 Å². The Morgan fingerprint density at radius 3 is 2.65 bits per heavy atom. The molecule has 0 saturated carbocycles. The van der Waals surface area contributed by atoms with Crippen molar-refractivity contribution in [2.45, 2.75) is 12.5 Å². The average molecular weight is 376 g/mol. The number of hydrogen-bond acceptors (Lipinski definition) is 3. The lowest BCUT2D eigenvalue weighted by molar-refractivity contribution is 0.138. The van der Waals surface area contributed by atoms with Crippen molar-refractivity contribution in [1.82, 2.24) is 10.3 Å².